The highest BCUT2D eigenvalue weighted by Gasteiger charge is 2.33. The van der Waals surface area contributed by atoms with Gasteiger partial charge in [0.1, 0.15) is 0 Å². The number of halogens is 3. The maximum Gasteiger partial charge on any atom is 0.417 e. The van der Waals surface area contributed by atoms with Gasteiger partial charge in [0.2, 0.25) is 0 Å². The summed E-state index contributed by atoms with van der Waals surface area (Å²) in [6.07, 6.45) is 3.57. The zero-order chi connectivity index (χ0) is 15.3. The third-order valence-corrected chi connectivity index (χ3v) is 3.92. The summed E-state index contributed by atoms with van der Waals surface area (Å²) in [5.74, 6) is 0. The van der Waals surface area contributed by atoms with Crippen LogP contribution in [0.1, 0.15) is 56.1 Å². The van der Waals surface area contributed by atoms with E-state index in [-0.39, 0.29) is 11.6 Å². The van der Waals surface area contributed by atoms with Crippen LogP contribution in [0.4, 0.5) is 18.9 Å². The average Bonchev–Trinajstić information content (AvgIpc) is 2.40. The lowest BCUT2D eigenvalue weighted by Gasteiger charge is -2.22. The number of nitrogens with zero attached hydrogens (tertiary/aromatic N) is 1. The van der Waals surface area contributed by atoms with Gasteiger partial charge in [0.15, 0.2) is 0 Å². The molecule has 1 aromatic rings. The smallest absolute Gasteiger partial charge is 0.382 e. The van der Waals surface area contributed by atoms with Gasteiger partial charge in [0, 0.05) is 11.7 Å². The summed E-state index contributed by atoms with van der Waals surface area (Å²) in [4.78, 5) is 0. The Hall–Kier alpha value is -1.70. The molecule has 1 saturated carbocycles. The summed E-state index contributed by atoms with van der Waals surface area (Å²) >= 11 is 0. The molecule has 0 amide bonds. The molecular weight excluding hydrogens is 277 g/mol. The number of hydrogen-bond donors (Lipinski definition) is 1. The molecule has 5 heteroatoms. The Morgan fingerprint density at radius 2 is 1.67 bits per heavy atom. The van der Waals surface area contributed by atoms with Crippen molar-refractivity contribution in [1.29, 1.82) is 5.26 Å². The molecule has 1 fully saturated rings. The first-order chi connectivity index (χ1) is 10.0. The van der Waals surface area contributed by atoms with Crippen molar-refractivity contribution in [3.05, 3.63) is 29.3 Å². The number of alkyl halides is 3. The first-order valence-electron chi connectivity index (χ1n) is 7.38. The summed E-state index contributed by atoms with van der Waals surface area (Å²) < 4.78 is 38.3. The fourth-order valence-corrected chi connectivity index (χ4v) is 2.81. The lowest BCUT2D eigenvalue weighted by Crippen LogP contribution is -2.20. The number of hydrogen-bond acceptors (Lipinski definition) is 2. The highest BCUT2D eigenvalue weighted by atomic mass is 19.4. The highest BCUT2D eigenvalue weighted by Crippen LogP contribution is 2.33. The molecule has 0 spiro atoms. The SMILES string of the molecule is N#Cc1cc(NC2CCCCCCC2)ccc1C(F)(F)F. The van der Waals surface area contributed by atoms with E-state index < -0.39 is 11.7 Å². The first-order valence-corrected chi connectivity index (χ1v) is 7.38. The third kappa shape index (κ3) is 4.38. The van der Waals surface area contributed by atoms with Gasteiger partial charge in [-0.1, -0.05) is 32.1 Å². The van der Waals surface area contributed by atoms with E-state index in [1.165, 1.54) is 31.4 Å². The van der Waals surface area contributed by atoms with Crippen molar-refractivity contribution < 1.29 is 13.2 Å². The Balaban J connectivity index is 2.12. The molecule has 0 aliphatic heterocycles. The van der Waals surface area contributed by atoms with Crippen LogP contribution >= 0.6 is 0 Å². The molecule has 0 unspecified atom stereocenters. The van der Waals surface area contributed by atoms with Gasteiger partial charge in [0.05, 0.1) is 17.2 Å². The van der Waals surface area contributed by atoms with E-state index in [1.54, 1.807) is 6.07 Å². The summed E-state index contributed by atoms with van der Waals surface area (Å²) in [6.45, 7) is 0. The van der Waals surface area contributed by atoms with E-state index in [4.69, 9.17) is 5.26 Å². The van der Waals surface area contributed by atoms with Crippen molar-refractivity contribution in [2.24, 2.45) is 0 Å². The van der Waals surface area contributed by atoms with Crippen molar-refractivity contribution in [2.45, 2.75) is 57.2 Å². The van der Waals surface area contributed by atoms with Gasteiger partial charge in [-0.05, 0) is 31.0 Å². The maximum absolute atomic E-state index is 12.8. The highest BCUT2D eigenvalue weighted by molar-refractivity contribution is 5.54. The zero-order valence-electron chi connectivity index (χ0n) is 11.8. The van der Waals surface area contributed by atoms with E-state index in [1.807, 2.05) is 0 Å². The van der Waals surface area contributed by atoms with Crippen molar-refractivity contribution in [3.8, 4) is 6.07 Å². The van der Waals surface area contributed by atoms with Crippen LogP contribution in [0.5, 0.6) is 0 Å². The lowest BCUT2D eigenvalue weighted by molar-refractivity contribution is -0.137. The molecule has 1 aliphatic carbocycles. The summed E-state index contributed by atoms with van der Waals surface area (Å²) in [5.41, 5.74) is -0.586. The Morgan fingerprint density at radius 3 is 2.24 bits per heavy atom. The fraction of sp³-hybridized carbons (Fsp3) is 0.562. The quantitative estimate of drug-likeness (QED) is 0.824. The average molecular weight is 296 g/mol. The summed E-state index contributed by atoms with van der Waals surface area (Å²) in [5, 5.41) is 12.2. The molecule has 0 atom stereocenters. The van der Waals surface area contributed by atoms with Crippen molar-refractivity contribution >= 4 is 5.69 Å². The summed E-state index contributed by atoms with van der Waals surface area (Å²) in [6, 6.07) is 5.64. The van der Waals surface area contributed by atoms with E-state index in [0.717, 1.165) is 31.7 Å². The van der Waals surface area contributed by atoms with Crippen molar-refractivity contribution in [2.75, 3.05) is 5.32 Å². The molecule has 2 nitrogen and oxygen atoms in total. The third-order valence-electron chi connectivity index (χ3n) is 3.92. The second-order valence-electron chi connectivity index (χ2n) is 5.56. The molecule has 21 heavy (non-hydrogen) atoms. The minimum atomic E-state index is -4.48. The lowest BCUT2D eigenvalue weighted by atomic mass is 9.96. The van der Waals surface area contributed by atoms with E-state index in [0.29, 0.717) is 5.69 Å². The first kappa shape index (κ1) is 15.7. The van der Waals surface area contributed by atoms with Crippen LogP contribution in [0, 0.1) is 11.3 Å². The maximum atomic E-state index is 12.8. The van der Waals surface area contributed by atoms with E-state index in [9.17, 15) is 13.2 Å². The summed E-state index contributed by atoms with van der Waals surface area (Å²) in [7, 11) is 0. The van der Waals surface area contributed by atoms with E-state index in [2.05, 4.69) is 5.32 Å². The monoisotopic (exact) mass is 296 g/mol. The van der Waals surface area contributed by atoms with Crippen LogP contribution in [0.2, 0.25) is 0 Å². The predicted octanol–water partition coefficient (Wildman–Crippen LogP) is 5.10. The second-order valence-corrected chi connectivity index (χ2v) is 5.56. The molecule has 0 aromatic heterocycles. The second kappa shape index (κ2) is 6.84. The van der Waals surface area contributed by atoms with Crippen LogP contribution in [0.3, 0.4) is 0 Å². The Morgan fingerprint density at radius 1 is 1.05 bits per heavy atom. The predicted molar refractivity (Wildman–Crippen MR) is 75.9 cm³/mol. The van der Waals surface area contributed by atoms with Gasteiger partial charge in [-0.15, -0.1) is 0 Å². The normalized spacial score (nSPS) is 17.6. The van der Waals surface area contributed by atoms with Crippen molar-refractivity contribution in [3.63, 3.8) is 0 Å². The van der Waals surface area contributed by atoms with Crippen LogP contribution in [0.15, 0.2) is 18.2 Å². The number of rotatable bonds is 2. The zero-order valence-corrected chi connectivity index (χ0v) is 11.8. The Labute approximate surface area is 123 Å². The number of anilines is 1. The number of nitriles is 1. The minimum Gasteiger partial charge on any atom is -0.382 e. The van der Waals surface area contributed by atoms with Gasteiger partial charge >= 0.3 is 6.18 Å². The van der Waals surface area contributed by atoms with E-state index >= 15 is 0 Å². The van der Waals surface area contributed by atoms with Gasteiger partial charge in [-0.2, -0.15) is 18.4 Å². The molecule has 0 heterocycles. The van der Waals surface area contributed by atoms with Gasteiger partial charge in [0.25, 0.3) is 0 Å². The molecule has 2 rings (SSSR count). The minimum absolute atomic E-state index is 0.286. The fourth-order valence-electron chi connectivity index (χ4n) is 2.81. The molecular formula is C16H19F3N2. The van der Waals surface area contributed by atoms with Crippen LogP contribution in [0.25, 0.3) is 0 Å². The van der Waals surface area contributed by atoms with Crippen LogP contribution < -0.4 is 5.32 Å². The van der Waals surface area contributed by atoms with Crippen LogP contribution in [-0.4, -0.2) is 6.04 Å². The molecule has 0 bridgehead atoms. The Bertz CT molecular complexity index is 509. The van der Waals surface area contributed by atoms with Gasteiger partial charge in [-0.3, -0.25) is 0 Å². The van der Waals surface area contributed by atoms with Gasteiger partial charge < -0.3 is 5.32 Å². The Kier molecular flexibility index (Phi) is 5.11. The van der Waals surface area contributed by atoms with Gasteiger partial charge in [-0.25, -0.2) is 0 Å². The van der Waals surface area contributed by atoms with Crippen molar-refractivity contribution in [1.82, 2.24) is 0 Å². The molecule has 1 N–H and O–H groups in total. The molecule has 0 saturated heterocycles. The molecule has 0 radical (unpaired) electrons. The number of nitrogens with one attached hydrogen (secondary N) is 1. The molecule has 1 aliphatic rings. The standard InChI is InChI=1S/C16H19F3N2/c17-16(18,19)15-9-8-14(10-12(15)11-20)21-13-6-4-2-1-3-5-7-13/h8-10,13,21H,1-7H2. The molecule has 114 valence electrons. The van der Waals surface area contributed by atoms with Crippen LogP contribution in [-0.2, 0) is 6.18 Å². The number of benzene rings is 1. The molecule has 1 aromatic carbocycles. The largest absolute Gasteiger partial charge is 0.417 e. The topological polar surface area (TPSA) is 35.8 Å².